The van der Waals surface area contributed by atoms with Gasteiger partial charge in [-0.2, -0.15) is 11.8 Å². The molecule has 1 fully saturated rings. The van der Waals surface area contributed by atoms with Crippen molar-refractivity contribution in [1.29, 1.82) is 0 Å². The van der Waals surface area contributed by atoms with E-state index < -0.39 is 0 Å². The summed E-state index contributed by atoms with van der Waals surface area (Å²) in [5, 5.41) is 15.3. The SMILES string of the molecule is CSCCCNC(=NCc1nnc(C)n1C)NCC(C)(C)N1CCOCC1.I. The number of nitrogens with one attached hydrogen (secondary N) is 2. The lowest BCUT2D eigenvalue weighted by atomic mass is 10.0. The third-order valence-corrected chi connectivity index (χ3v) is 5.63. The quantitative estimate of drug-likeness (QED) is 0.220. The summed E-state index contributed by atoms with van der Waals surface area (Å²) in [7, 11) is 1.97. The predicted octanol–water partition coefficient (Wildman–Crippen LogP) is 1.64. The van der Waals surface area contributed by atoms with Crippen molar-refractivity contribution in [3.63, 3.8) is 0 Å². The first-order valence-corrected chi connectivity index (χ1v) is 11.0. The van der Waals surface area contributed by atoms with E-state index in [1.54, 1.807) is 0 Å². The molecule has 0 unspecified atom stereocenters. The molecule has 0 aliphatic carbocycles. The van der Waals surface area contributed by atoms with Crippen molar-refractivity contribution in [2.75, 3.05) is 51.4 Å². The zero-order valence-electron chi connectivity index (χ0n) is 17.8. The van der Waals surface area contributed by atoms with Crippen LogP contribution in [0, 0.1) is 6.92 Å². The Bertz CT molecular complexity index is 603. The number of aromatic nitrogens is 3. The Hall–Kier alpha value is -0.590. The zero-order chi connectivity index (χ0) is 19.7. The Morgan fingerprint density at radius 3 is 2.57 bits per heavy atom. The van der Waals surface area contributed by atoms with Gasteiger partial charge in [-0.15, -0.1) is 34.2 Å². The van der Waals surface area contributed by atoms with Gasteiger partial charge in [0.1, 0.15) is 12.4 Å². The van der Waals surface area contributed by atoms with E-state index in [4.69, 9.17) is 9.73 Å². The topological polar surface area (TPSA) is 79.6 Å². The number of morpholine rings is 1. The van der Waals surface area contributed by atoms with Gasteiger partial charge in [0.25, 0.3) is 0 Å². The van der Waals surface area contributed by atoms with E-state index in [-0.39, 0.29) is 29.5 Å². The van der Waals surface area contributed by atoms with Crippen molar-refractivity contribution in [2.45, 2.75) is 39.3 Å². The molecule has 0 spiro atoms. The molecule has 2 heterocycles. The molecule has 0 amide bonds. The molecular weight excluding hydrogens is 489 g/mol. The van der Waals surface area contributed by atoms with E-state index in [9.17, 15) is 0 Å². The van der Waals surface area contributed by atoms with Crippen LogP contribution in [-0.4, -0.2) is 82.6 Å². The minimum atomic E-state index is 0. The Balaban J connectivity index is 0.00000392. The molecule has 8 nitrogen and oxygen atoms in total. The summed E-state index contributed by atoms with van der Waals surface area (Å²) in [4.78, 5) is 7.21. The highest BCUT2D eigenvalue weighted by molar-refractivity contribution is 14.0. The van der Waals surface area contributed by atoms with Crippen molar-refractivity contribution in [2.24, 2.45) is 12.0 Å². The molecule has 1 aromatic rings. The van der Waals surface area contributed by atoms with E-state index in [1.165, 1.54) is 0 Å². The summed E-state index contributed by atoms with van der Waals surface area (Å²) in [6.07, 6.45) is 3.24. The second-order valence-electron chi connectivity index (χ2n) is 7.43. The van der Waals surface area contributed by atoms with Gasteiger partial charge in [-0.05, 0) is 39.2 Å². The highest BCUT2D eigenvalue weighted by Crippen LogP contribution is 2.15. The standard InChI is InChI=1S/C18H35N7OS.HI/c1-15-22-23-16(24(15)4)13-20-17(19-7-6-12-27-5)21-14-18(2,3)25-8-10-26-11-9-25;/h6-14H2,1-5H3,(H2,19,20,21);1H. The molecule has 10 heteroatoms. The third-order valence-electron chi connectivity index (χ3n) is 4.93. The van der Waals surface area contributed by atoms with Crippen molar-refractivity contribution in [1.82, 2.24) is 30.3 Å². The fourth-order valence-electron chi connectivity index (χ4n) is 2.92. The fraction of sp³-hybridized carbons (Fsp3) is 0.833. The molecule has 162 valence electrons. The predicted molar refractivity (Wildman–Crippen MR) is 128 cm³/mol. The molecule has 0 saturated carbocycles. The van der Waals surface area contributed by atoms with Crippen molar-refractivity contribution in [3.8, 4) is 0 Å². The van der Waals surface area contributed by atoms with Gasteiger partial charge in [-0.3, -0.25) is 4.90 Å². The molecular formula is C18H36IN7OS. The molecule has 0 aromatic carbocycles. The lowest BCUT2D eigenvalue weighted by Gasteiger charge is -2.41. The first kappa shape index (κ1) is 25.4. The third kappa shape index (κ3) is 8.03. The number of thioether (sulfide) groups is 1. The average molecular weight is 526 g/mol. The molecule has 1 aromatic heterocycles. The summed E-state index contributed by atoms with van der Waals surface area (Å²) >= 11 is 1.86. The average Bonchev–Trinajstić information content (AvgIpc) is 2.99. The van der Waals surface area contributed by atoms with Gasteiger partial charge in [-0.1, -0.05) is 0 Å². The number of ether oxygens (including phenoxy) is 1. The van der Waals surface area contributed by atoms with Crippen LogP contribution >= 0.6 is 35.7 Å². The second-order valence-corrected chi connectivity index (χ2v) is 8.41. The monoisotopic (exact) mass is 525 g/mol. The lowest BCUT2D eigenvalue weighted by Crippen LogP contribution is -2.56. The van der Waals surface area contributed by atoms with Crippen LogP contribution in [0.2, 0.25) is 0 Å². The van der Waals surface area contributed by atoms with Crippen molar-refractivity contribution >= 4 is 41.7 Å². The number of halogens is 1. The fourth-order valence-corrected chi connectivity index (χ4v) is 3.35. The minimum Gasteiger partial charge on any atom is -0.379 e. The molecule has 1 saturated heterocycles. The molecule has 28 heavy (non-hydrogen) atoms. The molecule has 2 N–H and O–H groups in total. The summed E-state index contributed by atoms with van der Waals surface area (Å²) < 4.78 is 7.46. The first-order valence-electron chi connectivity index (χ1n) is 9.63. The van der Waals surface area contributed by atoms with Crippen LogP contribution in [-0.2, 0) is 18.3 Å². The van der Waals surface area contributed by atoms with E-state index in [0.717, 1.165) is 69.2 Å². The van der Waals surface area contributed by atoms with E-state index in [2.05, 4.69) is 45.8 Å². The van der Waals surface area contributed by atoms with Gasteiger partial charge in [0.15, 0.2) is 11.8 Å². The van der Waals surface area contributed by atoms with Crippen LogP contribution < -0.4 is 10.6 Å². The minimum absolute atomic E-state index is 0. The normalized spacial score (nSPS) is 16.0. The Morgan fingerprint density at radius 1 is 1.25 bits per heavy atom. The van der Waals surface area contributed by atoms with Crippen LogP contribution in [0.3, 0.4) is 0 Å². The number of guanidine groups is 1. The number of aliphatic imine (C=N–C) groups is 1. The lowest BCUT2D eigenvalue weighted by molar-refractivity contribution is -0.00834. The number of rotatable bonds is 9. The number of hydrogen-bond donors (Lipinski definition) is 2. The van der Waals surface area contributed by atoms with Crippen LogP contribution in [0.25, 0.3) is 0 Å². The maximum absolute atomic E-state index is 5.48. The Kier molecular flexibility index (Phi) is 11.7. The van der Waals surface area contributed by atoms with Gasteiger partial charge in [0.2, 0.25) is 0 Å². The second kappa shape index (κ2) is 12.9. The first-order chi connectivity index (χ1) is 12.9. The molecule has 0 radical (unpaired) electrons. The van der Waals surface area contributed by atoms with Crippen LogP contribution in [0.4, 0.5) is 0 Å². The van der Waals surface area contributed by atoms with E-state index in [1.807, 2.05) is 30.3 Å². The van der Waals surface area contributed by atoms with E-state index in [0.29, 0.717) is 6.54 Å². The van der Waals surface area contributed by atoms with Gasteiger partial charge >= 0.3 is 0 Å². The van der Waals surface area contributed by atoms with Gasteiger partial charge < -0.3 is 19.9 Å². The molecule has 2 rings (SSSR count). The maximum atomic E-state index is 5.48. The molecule has 0 bridgehead atoms. The summed E-state index contributed by atoms with van der Waals surface area (Å²) in [6.45, 7) is 12.3. The highest BCUT2D eigenvalue weighted by Gasteiger charge is 2.28. The summed E-state index contributed by atoms with van der Waals surface area (Å²) in [6, 6.07) is 0. The maximum Gasteiger partial charge on any atom is 0.191 e. The number of nitrogens with zero attached hydrogens (tertiary/aromatic N) is 5. The number of hydrogen-bond acceptors (Lipinski definition) is 6. The van der Waals surface area contributed by atoms with Crippen LogP contribution in [0.5, 0.6) is 0 Å². The largest absolute Gasteiger partial charge is 0.379 e. The Morgan fingerprint density at radius 2 is 1.96 bits per heavy atom. The van der Waals surface area contributed by atoms with Crippen molar-refractivity contribution < 1.29 is 4.74 Å². The van der Waals surface area contributed by atoms with Crippen LogP contribution in [0.15, 0.2) is 4.99 Å². The zero-order valence-corrected chi connectivity index (χ0v) is 21.0. The van der Waals surface area contributed by atoms with Gasteiger partial charge in [0.05, 0.1) is 13.2 Å². The number of aryl methyl sites for hydroxylation is 1. The molecule has 0 atom stereocenters. The van der Waals surface area contributed by atoms with Gasteiger partial charge in [-0.25, -0.2) is 4.99 Å². The van der Waals surface area contributed by atoms with E-state index >= 15 is 0 Å². The highest BCUT2D eigenvalue weighted by atomic mass is 127. The molecule has 1 aliphatic rings. The van der Waals surface area contributed by atoms with Crippen molar-refractivity contribution in [3.05, 3.63) is 11.6 Å². The van der Waals surface area contributed by atoms with Crippen LogP contribution in [0.1, 0.15) is 31.9 Å². The van der Waals surface area contributed by atoms with Gasteiger partial charge in [0, 0.05) is 38.8 Å². The Labute approximate surface area is 190 Å². The summed E-state index contributed by atoms with van der Waals surface area (Å²) in [5.41, 5.74) is 0.0346. The smallest absolute Gasteiger partial charge is 0.191 e. The molecule has 1 aliphatic heterocycles. The summed E-state index contributed by atoms with van der Waals surface area (Å²) in [5.74, 6) is 3.74.